The smallest absolute Gasteiger partial charge is 0.262 e. The average molecular weight is 312 g/mol. The molecule has 9 heteroatoms. The van der Waals surface area contributed by atoms with E-state index in [1.165, 1.54) is 24.4 Å². The van der Waals surface area contributed by atoms with E-state index in [1.807, 2.05) is 0 Å². The molecule has 1 heterocycles. The van der Waals surface area contributed by atoms with Gasteiger partial charge in [-0.3, -0.25) is 9.40 Å². The minimum atomic E-state index is -3.79. The fourth-order valence-electron chi connectivity index (χ4n) is 1.64. The summed E-state index contributed by atoms with van der Waals surface area (Å²) in [5.41, 5.74) is 5.82. The van der Waals surface area contributed by atoms with Crippen LogP contribution in [0.1, 0.15) is 0 Å². The highest BCUT2D eigenvalue weighted by molar-refractivity contribution is 7.92. The lowest BCUT2D eigenvalue weighted by Gasteiger charge is -2.07. The van der Waals surface area contributed by atoms with Crippen LogP contribution >= 0.6 is 0 Å². The van der Waals surface area contributed by atoms with Crippen molar-refractivity contribution in [2.45, 2.75) is 11.4 Å². The molecule has 0 bridgehead atoms. The van der Waals surface area contributed by atoms with Crippen LogP contribution in [-0.2, 0) is 21.3 Å². The van der Waals surface area contributed by atoms with Crippen LogP contribution in [0.2, 0.25) is 0 Å². The molecule has 0 aliphatic rings. The van der Waals surface area contributed by atoms with Crippen LogP contribution < -0.4 is 10.5 Å². The highest BCUT2D eigenvalue weighted by Crippen LogP contribution is 2.24. The number of aromatic hydroxyl groups is 1. The van der Waals surface area contributed by atoms with Crippen molar-refractivity contribution in [1.29, 1.82) is 0 Å². The minimum absolute atomic E-state index is 0.00587. The van der Waals surface area contributed by atoms with Gasteiger partial charge >= 0.3 is 0 Å². The number of hydrogen-bond donors (Lipinski definition) is 3. The molecule has 0 aliphatic heterocycles. The Labute approximate surface area is 122 Å². The minimum Gasteiger partial charge on any atom is -0.506 e. The second-order valence-electron chi connectivity index (χ2n) is 4.31. The zero-order chi connectivity index (χ0) is 15.5. The first-order valence-electron chi connectivity index (χ1n) is 6.05. The highest BCUT2D eigenvalue weighted by atomic mass is 32.2. The Balaban J connectivity index is 2.16. The Morgan fingerprint density at radius 3 is 2.90 bits per heavy atom. The summed E-state index contributed by atoms with van der Waals surface area (Å²) in [6.45, 7) is 0.993. The fourth-order valence-corrected chi connectivity index (χ4v) is 2.70. The standard InChI is InChI=1S/C12H16N4O4S/c1-20-5-4-16-8-9(7-14-16)15-21(18,19)10-2-3-12(17)11(13)6-10/h2-3,6-8,15,17H,4-5,13H2,1H3. The molecule has 2 rings (SSSR count). The Kier molecular flexibility index (Phi) is 4.34. The van der Waals surface area contributed by atoms with E-state index in [2.05, 4.69) is 9.82 Å². The van der Waals surface area contributed by atoms with E-state index in [4.69, 9.17) is 10.5 Å². The first-order chi connectivity index (χ1) is 9.92. The number of benzene rings is 1. The normalized spacial score (nSPS) is 11.5. The molecule has 1 aromatic heterocycles. The first-order valence-corrected chi connectivity index (χ1v) is 7.53. The third-order valence-corrected chi connectivity index (χ3v) is 4.10. The third-order valence-electron chi connectivity index (χ3n) is 2.72. The second kappa shape index (κ2) is 6.02. The van der Waals surface area contributed by atoms with Gasteiger partial charge in [-0.25, -0.2) is 8.42 Å². The summed E-state index contributed by atoms with van der Waals surface area (Å²) in [4.78, 5) is -0.0394. The summed E-state index contributed by atoms with van der Waals surface area (Å²) >= 11 is 0. The molecule has 0 aliphatic carbocycles. The van der Waals surface area contributed by atoms with Gasteiger partial charge in [0.2, 0.25) is 0 Å². The van der Waals surface area contributed by atoms with Gasteiger partial charge in [-0.1, -0.05) is 0 Å². The molecule has 0 atom stereocenters. The molecule has 0 saturated carbocycles. The Morgan fingerprint density at radius 2 is 2.24 bits per heavy atom. The van der Waals surface area contributed by atoms with Crippen molar-refractivity contribution in [3.63, 3.8) is 0 Å². The average Bonchev–Trinajstić information content (AvgIpc) is 2.86. The predicted molar refractivity (Wildman–Crippen MR) is 77.4 cm³/mol. The molecular formula is C12H16N4O4S. The van der Waals surface area contributed by atoms with Gasteiger partial charge in [0.25, 0.3) is 10.0 Å². The topological polar surface area (TPSA) is 119 Å². The lowest BCUT2D eigenvalue weighted by molar-refractivity contribution is 0.183. The quantitative estimate of drug-likeness (QED) is 0.531. The zero-order valence-corrected chi connectivity index (χ0v) is 12.2. The predicted octanol–water partition coefficient (Wildman–Crippen LogP) is 0.618. The third kappa shape index (κ3) is 3.64. The molecule has 21 heavy (non-hydrogen) atoms. The van der Waals surface area contributed by atoms with E-state index in [0.29, 0.717) is 18.8 Å². The first kappa shape index (κ1) is 15.1. The van der Waals surface area contributed by atoms with E-state index in [9.17, 15) is 13.5 Å². The number of phenols is 1. The molecule has 0 fully saturated rings. The van der Waals surface area contributed by atoms with Gasteiger partial charge in [0.05, 0.1) is 35.6 Å². The maximum atomic E-state index is 12.2. The van der Waals surface area contributed by atoms with Crippen molar-refractivity contribution in [2.75, 3.05) is 24.2 Å². The Hall–Kier alpha value is -2.26. The molecule has 0 spiro atoms. The van der Waals surface area contributed by atoms with Crippen molar-refractivity contribution in [3.8, 4) is 5.75 Å². The number of nitrogens with two attached hydrogens (primary N) is 1. The summed E-state index contributed by atoms with van der Waals surface area (Å²) < 4.78 is 33.2. The number of phenolic OH excluding ortho intramolecular Hbond substituents is 1. The number of ether oxygens (including phenoxy) is 1. The van der Waals surface area contributed by atoms with Crippen LogP contribution in [0.25, 0.3) is 0 Å². The zero-order valence-electron chi connectivity index (χ0n) is 11.4. The van der Waals surface area contributed by atoms with Gasteiger partial charge in [0.1, 0.15) is 5.75 Å². The molecule has 0 unspecified atom stereocenters. The SMILES string of the molecule is COCCn1cc(NS(=O)(=O)c2ccc(O)c(N)c2)cn1. The summed E-state index contributed by atoms with van der Waals surface area (Å²) in [6, 6.07) is 3.68. The van der Waals surface area contributed by atoms with Crippen molar-refractivity contribution in [2.24, 2.45) is 0 Å². The summed E-state index contributed by atoms with van der Waals surface area (Å²) in [7, 11) is -2.21. The van der Waals surface area contributed by atoms with Gasteiger partial charge in [0, 0.05) is 13.3 Å². The van der Waals surface area contributed by atoms with E-state index >= 15 is 0 Å². The molecule has 0 radical (unpaired) electrons. The number of nitrogens with zero attached hydrogens (tertiary/aromatic N) is 2. The maximum Gasteiger partial charge on any atom is 0.262 e. The Morgan fingerprint density at radius 1 is 1.48 bits per heavy atom. The van der Waals surface area contributed by atoms with E-state index < -0.39 is 10.0 Å². The van der Waals surface area contributed by atoms with Crippen LogP contribution in [0.3, 0.4) is 0 Å². The van der Waals surface area contributed by atoms with Crippen LogP contribution in [0, 0.1) is 0 Å². The molecule has 114 valence electrons. The van der Waals surface area contributed by atoms with Crippen LogP contribution in [0.15, 0.2) is 35.5 Å². The second-order valence-corrected chi connectivity index (χ2v) is 5.99. The molecule has 1 aromatic carbocycles. The van der Waals surface area contributed by atoms with Crippen molar-refractivity contribution >= 4 is 21.4 Å². The van der Waals surface area contributed by atoms with Crippen LogP contribution in [-0.4, -0.2) is 37.0 Å². The van der Waals surface area contributed by atoms with E-state index in [-0.39, 0.29) is 16.3 Å². The molecular weight excluding hydrogens is 296 g/mol. The summed E-state index contributed by atoms with van der Waals surface area (Å²) in [5.74, 6) is -0.165. The number of methoxy groups -OCH3 is 1. The largest absolute Gasteiger partial charge is 0.506 e. The number of sulfonamides is 1. The number of anilines is 2. The maximum absolute atomic E-state index is 12.2. The van der Waals surface area contributed by atoms with Crippen molar-refractivity contribution < 1.29 is 18.3 Å². The molecule has 8 nitrogen and oxygen atoms in total. The summed E-state index contributed by atoms with van der Waals surface area (Å²) in [6.07, 6.45) is 2.96. The molecule has 0 amide bonds. The van der Waals surface area contributed by atoms with Gasteiger partial charge in [-0.2, -0.15) is 5.10 Å². The van der Waals surface area contributed by atoms with Crippen LogP contribution in [0.4, 0.5) is 11.4 Å². The van der Waals surface area contributed by atoms with Crippen molar-refractivity contribution in [3.05, 3.63) is 30.6 Å². The fraction of sp³-hybridized carbons (Fsp3) is 0.250. The number of rotatable bonds is 6. The van der Waals surface area contributed by atoms with Gasteiger partial charge in [-0.05, 0) is 18.2 Å². The highest BCUT2D eigenvalue weighted by Gasteiger charge is 2.16. The van der Waals surface area contributed by atoms with Gasteiger partial charge in [-0.15, -0.1) is 0 Å². The monoisotopic (exact) mass is 312 g/mol. The summed E-state index contributed by atoms with van der Waals surface area (Å²) in [5, 5.41) is 13.3. The van der Waals surface area contributed by atoms with Gasteiger partial charge in [0.15, 0.2) is 0 Å². The number of nitrogen functional groups attached to an aromatic ring is 1. The number of aromatic nitrogens is 2. The lowest BCUT2D eigenvalue weighted by atomic mass is 10.3. The molecule has 2 aromatic rings. The molecule has 0 saturated heterocycles. The lowest BCUT2D eigenvalue weighted by Crippen LogP contribution is -2.13. The number of hydrogen-bond acceptors (Lipinski definition) is 6. The van der Waals surface area contributed by atoms with E-state index in [1.54, 1.807) is 18.0 Å². The number of nitrogens with one attached hydrogen (secondary N) is 1. The van der Waals surface area contributed by atoms with E-state index in [0.717, 1.165) is 0 Å². The van der Waals surface area contributed by atoms with Gasteiger partial charge < -0.3 is 15.6 Å². The molecule has 4 N–H and O–H groups in total. The van der Waals surface area contributed by atoms with Crippen molar-refractivity contribution in [1.82, 2.24) is 9.78 Å². The van der Waals surface area contributed by atoms with Crippen LogP contribution in [0.5, 0.6) is 5.75 Å². The Bertz CT molecular complexity index is 727.